The molecule has 4 aromatic rings. The molecule has 2 aliphatic rings. The number of hydrogen-bond acceptors (Lipinski definition) is 7. The van der Waals surface area contributed by atoms with E-state index in [1.54, 1.807) is 9.36 Å². The molecule has 6 rings (SSSR count). The Labute approximate surface area is 228 Å². The first-order chi connectivity index (χ1) is 19.0. The van der Waals surface area contributed by atoms with Gasteiger partial charge in [-0.15, -0.1) is 0 Å². The van der Waals surface area contributed by atoms with Gasteiger partial charge in [-0.05, 0) is 56.0 Å². The molecule has 1 fully saturated rings. The summed E-state index contributed by atoms with van der Waals surface area (Å²) in [7, 11) is 3.71. The van der Waals surface area contributed by atoms with Crippen molar-refractivity contribution < 1.29 is 19.3 Å². The zero-order valence-corrected chi connectivity index (χ0v) is 23.4. The quantitative estimate of drug-likeness (QED) is 0.381. The fraction of sp³-hybridized carbons (Fsp3) is 0.483. The van der Waals surface area contributed by atoms with Crippen LogP contribution in [0.1, 0.15) is 69.6 Å². The van der Waals surface area contributed by atoms with Crippen LogP contribution in [0.4, 0.5) is 0 Å². The average Bonchev–Trinajstić information content (AvgIpc) is 3.61. The van der Waals surface area contributed by atoms with Crippen molar-refractivity contribution in [2.75, 3.05) is 13.2 Å². The minimum Gasteiger partial charge on any atom is -0.477 e. The summed E-state index contributed by atoms with van der Waals surface area (Å²) in [6.45, 7) is 7.01. The Morgan fingerprint density at radius 2 is 1.85 bits per heavy atom. The fourth-order valence-electron chi connectivity index (χ4n) is 5.12. The second-order valence-electron chi connectivity index (χ2n) is 9.72. The van der Waals surface area contributed by atoms with Crippen LogP contribution >= 0.6 is 0 Å². The zero-order chi connectivity index (χ0) is 27.5. The highest BCUT2D eigenvalue weighted by Gasteiger charge is 2.23. The molecule has 208 valence electrons. The fourth-order valence-corrected chi connectivity index (χ4v) is 5.12. The Bertz CT molecular complexity index is 1460. The molecule has 5 heterocycles. The van der Waals surface area contributed by atoms with Crippen LogP contribution in [0.2, 0.25) is 0 Å². The molecule has 10 heteroatoms. The van der Waals surface area contributed by atoms with Crippen LogP contribution in [0.15, 0.2) is 24.4 Å². The SMILES string of the molecule is CC.CC1CCOc2c(c(CO)nn2C)/C=C/c2nn(C3CCCCO3)c3ccc(cc23)-c2cnn(C)c2O1. The Kier molecular flexibility index (Phi) is 8.04. The summed E-state index contributed by atoms with van der Waals surface area (Å²) in [6, 6.07) is 6.34. The molecule has 1 saturated heterocycles. The zero-order valence-electron chi connectivity index (χ0n) is 23.4. The molecular formula is C29H38N6O4. The molecule has 3 aromatic heterocycles. The predicted molar refractivity (Wildman–Crippen MR) is 150 cm³/mol. The van der Waals surface area contributed by atoms with Gasteiger partial charge in [0.25, 0.3) is 0 Å². The van der Waals surface area contributed by atoms with E-state index < -0.39 is 0 Å². The van der Waals surface area contributed by atoms with Crippen LogP contribution in [0.5, 0.6) is 11.8 Å². The van der Waals surface area contributed by atoms with Crippen LogP contribution < -0.4 is 9.47 Å². The van der Waals surface area contributed by atoms with Crippen LogP contribution in [-0.2, 0) is 25.4 Å². The van der Waals surface area contributed by atoms with Gasteiger partial charge in [-0.25, -0.2) is 14.0 Å². The smallest absolute Gasteiger partial charge is 0.219 e. The summed E-state index contributed by atoms with van der Waals surface area (Å²) < 4.78 is 24.0. The minimum absolute atomic E-state index is 0.0988. The summed E-state index contributed by atoms with van der Waals surface area (Å²) in [5.74, 6) is 1.31. The molecule has 1 aromatic carbocycles. The van der Waals surface area contributed by atoms with Crippen molar-refractivity contribution in [3.05, 3.63) is 41.3 Å². The minimum atomic E-state index is -0.187. The van der Waals surface area contributed by atoms with E-state index in [9.17, 15) is 5.11 Å². The van der Waals surface area contributed by atoms with Gasteiger partial charge >= 0.3 is 0 Å². The molecule has 1 N–H and O–H groups in total. The molecule has 0 radical (unpaired) electrons. The Hall–Kier alpha value is -3.63. The molecule has 39 heavy (non-hydrogen) atoms. The van der Waals surface area contributed by atoms with Crippen molar-refractivity contribution in [2.45, 2.75) is 65.4 Å². The van der Waals surface area contributed by atoms with Crippen LogP contribution in [0.25, 0.3) is 34.2 Å². The van der Waals surface area contributed by atoms with E-state index in [4.69, 9.17) is 19.3 Å². The molecule has 2 atom stereocenters. The van der Waals surface area contributed by atoms with Crippen molar-refractivity contribution >= 4 is 23.1 Å². The lowest BCUT2D eigenvalue weighted by Gasteiger charge is -2.23. The summed E-state index contributed by atoms with van der Waals surface area (Å²) >= 11 is 0. The van der Waals surface area contributed by atoms with Crippen molar-refractivity contribution in [1.82, 2.24) is 29.3 Å². The number of aromatic nitrogens is 6. The molecule has 2 bridgehead atoms. The largest absolute Gasteiger partial charge is 0.477 e. The third kappa shape index (κ3) is 5.18. The van der Waals surface area contributed by atoms with Gasteiger partial charge in [-0.3, -0.25) is 0 Å². The number of rotatable bonds is 2. The second kappa shape index (κ2) is 11.6. The maximum Gasteiger partial charge on any atom is 0.219 e. The van der Waals surface area contributed by atoms with Gasteiger partial charge < -0.3 is 19.3 Å². The first-order valence-corrected chi connectivity index (χ1v) is 13.8. The van der Waals surface area contributed by atoms with Gasteiger partial charge in [0.2, 0.25) is 11.8 Å². The van der Waals surface area contributed by atoms with Gasteiger partial charge in [0.1, 0.15) is 6.10 Å². The monoisotopic (exact) mass is 534 g/mol. The van der Waals surface area contributed by atoms with Crippen molar-refractivity contribution in [1.29, 1.82) is 0 Å². The lowest BCUT2D eigenvalue weighted by Crippen LogP contribution is -2.19. The highest BCUT2D eigenvalue weighted by molar-refractivity contribution is 5.93. The maximum absolute atomic E-state index is 9.97. The first-order valence-electron chi connectivity index (χ1n) is 13.8. The third-order valence-corrected chi connectivity index (χ3v) is 7.10. The van der Waals surface area contributed by atoms with Gasteiger partial charge in [-0.1, -0.05) is 19.9 Å². The van der Waals surface area contributed by atoms with Crippen molar-refractivity contribution in [3.63, 3.8) is 0 Å². The molecular weight excluding hydrogens is 496 g/mol. The molecule has 0 saturated carbocycles. The Morgan fingerprint density at radius 1 is 1.00 bits per heavy atom. The van der Waals surface area contributed by atoms with Gasteiger partial charge in [0.15, 0.2) is 6.23 Å². The molecule has 2 unspecified atom stereocenters. The van der Waals surface area contributed by atoms with E-state index in [0.29, 0.717) is 30.5 Å². The molecule has 0 aliphatic carbocycles. The Balaban J connectivity index is 0.00000151. The average molecular weight is 535 g/mol. The van der Waals surface area contributed by atoms with E-state index in [2.05, 4.69) is 28.4 Å². The number of nitrogens with zero attached hydrogens (tertiary/aromatic N) is 6. The molecule has 0 spiro atoms. The van der Waals surface area contributed by atoms with E-state index in [0.717, 1.165) is 59.2 Å². The van der Waals surface area contributed by atoms with Crippen molar-refractivity contribution in [2.24, 2.45) is 14.1 Å². The van der Waals surface area contributed by atoms with E-state index in [-0.39, 0.29) is 18.9 Å². The number of aliphatic hydroxyl groups excluding tert-OH is 1. The lowest BCUT2D eigenvalue weighted by molar-refractivity contribution is -0.0367. The highest BCUT2D eigenvalue weighted by atomic mass is 16.5. The highest BCUT2D eigenvalue weighted by Crippen LogP contribution is 2.36. The number of ether oxygens (including phenoxy) is 3. The summed E-state index contributed by atoms with van der Waals surface area (Å²) in [6.07, 6.45) is 9.32. The number of hydrogen-bond donors (Lipinski definition) is 1. The van der Waals surface area contributed by atoms with Gasteiger partial charge in [0, 0.05) is 32.5 Å². The van der Waals surface area contributed by atoms with E-state index in [1.807, 2.05) is 57.9 Å². The molecule has 10 nitrogen and oxygen atoms in total. The lowest BCUT2D eigenvalue weighted by atomic mass is 10.0. The Morgan fingerprint density at radius 3 is 2.62 bits per heavy atom. The van der Waals surface area contributed by atoms with E-state index >= 15 is 0 Å². The predicted octanol–water partition coefficient (Wildman–Crippen LogP) is 5.11. The molecule has 0 amide bonds. The summed E-state index contributed by atoms with van der Waals surface area (Å²) in [5.41, 5.74) is 5.04. The van der Waals surface area contributed by atoms with Crippen LogP contribution in [0.3, 0.4) is 0 Å². The van der Waals surface area contributed by atoms with Crippen LogP contribution in [-0.4, -0.2) is 53.8 Å². The van der Waals surface area contributed by atoms with Crippen molar-refractivity contribution in [3.8, 4) is 22.9 Å². The topological polar surface area (TPSA) is 101 Å². The number of aliphatic hydroxyl groups is 1. The summed E-state index contributed by atoms with van der Waals surface area (Å²) in [4.78, 5) is 0. The summed E-state index contributed by atoms with van der Waals surface area (Å²) in [5, 5.41) is 24.9. The van der Waals surface area contributed by atoms with Gasteiger partial charge in [0.05, 0.1) is 47.4 Å². The van der Waals surface area contributed by atoms with Crippen LogP contribution in [0, 0.1) is 0 Å². The third-order valence-electron chi connectivity index (χ3n) is 7.10. The normalized spacial score (nSPS) is 20.1. The standard InChI is InChI=1S/C27H32N6O4.C2H6/c1-17-11-13-36-26-19(23(16-34)29-32(26)3)8-9-22-20-14-18(21-15-28-31(2)27(21)37-17)7-10-24(20)33(30-22)25-6-4-5-12-35-25;1-2/h7-10,14-15,17,25,34H,4-6,11-13,16H2,1-3H3;1-2H3/b9-8+;. The number of fused-ring (bicyclic) bond motifs is 4. The number of aryl methyl sites for hydroxylation is 2. The van der Waals surface area contributed by atoms with E-state index in [1.165, 1.54) is 0 Å². The maximum atomic E-state index is 9.97. The second-order valence-corrected chi connectivity index (χ2v) is 9.72. The molecule has 2 aliphatic heterocycles. The first kappa shape index (κ1) is 27.0. The number of benzene rings is 1. The van der Waals surface area contributed by atoms with Gasteiger partial charge in [-0.2, -0.15) is 15.3 Å².